The molecular formula is C15H14N2OS. The van der Waals surface area contributed by atoms with E-state index in [1.807, 2.05) is 13.1 Å². The zero-order chi connectivity index (χ0) is 13.6. The van der Waals surface area contributed by atoms with Crippen LogP contribution in [0.15, 0.2) is 24.4 Å². The lowest BCUT2D eigenvalue weighted by Gasteiger charge is -2.06. The van der Waals surface area contributed by atoms with E-state index < -0.39 is 0 Å². The quantitative estimate of drug-likeness (QED) is 0.686. The molecule has 0 saturated carbocycles. The number of thiocarbonyl (C=S) groups is 1. The molecule has 0 saturated heterocycles. The van der Waals surface area contributed by atoms with Gasteiger partial charge in [0.05, 0.1) is 18.8 Å². The number of hydrogen-bond donors (Lipinski definition) is 1. The van der Waals surface area contributed by atoms with Gasteiger partial charge in [0.2, 0.25) is 5.05 Å². The van der Waals surface area contributed by atoms with Crippen molar-refractivity contribution in [2.45, 2.75) is 13.8 Å². The van der Waals surface area contributed by atoms with Gasteiger partial charge in [0.1, 0.15) is 5.69 Å². The number of fused-ring (bicyclic) bond motifs is 3. The maximum Gasteiger partial charge on any atom is 0.210 e. The van der Waals surface area contributed by atoms with Gasteiger partial charge in [-0.1, -0.05) is 11.6 Å². The second-order valence-corrected chi connectivity index (χ2v) is 5.06. The van der Waals surface area contributed by atoms with Gasteiger partial charge in [-0.05, 0) is 43.8 Å². The minimum atomic E-state index is 0.432. The molecule has 0 radical (unpaired) electrons. The van der Waals surface area contributed by atoms with E-state index in [1.54, 1.807) is 7.11 Å². The summed E-state index contributed by atoms with van der Waals surface area (Å²) in [5.74, 6) is 0. The molecule has 3 nitrogen and oxygen atoms in total. The maximum atomic E-state index is 5.20. The summed E-state index contributed by atoms with van der Waals surface area (Å²) in [6.07, 6.45) is 1.82. The van der Waals surface area contributed by atoms with Crippen molar-refractivity contribution in [1.82, 2.24) is 9.97 Å². The van der Waals surface area contributed by atoms with Crippen molar-refractivity contribution in [3.63, 3.8) is 0 Å². The van der Waals surface area contributed by atoms with Gasteiger partial charge in [-0.15, -0.1) is 0 Å². The summed E-state index contributed by atoms with van der Waals surface area (Å²) in [5, 5.41) is 2.81. The highest BCUT2D eigenvalue weighted by Gasteiger charge is 2.14. The normalized spacial score (nSPS) is 11.1. The molecule has 3 aromatic rings. The summed E-state index contributed by atoms with van der Waals surface area (Å²) in [6, 6.07) is 6.38. The van der Waals surface area contributed by atoms with Gasteiger partial charge in [-0.3, -0.25) is 0 Å². The summed E-state index contributed by atoms with van der Waals surface area (Å²) in [5.41, 5.74) is 5.18. The Bertz CT molecular complexity index is 805. The minimum absolute atomic E-state index is 0.432. The summed E-state index contributed by atoms with van der Waals surface area (Å²) >= 11 is 5.20. The number of methoxy groups -OCH3 is 1. The molecule has 0 unspecified atom stereocenters. The molecule has 2 aromatic heterocycles. The number of pyridine rings is 1. The predicted molar refractivity (Wildman–Crippen MR) is 81.8 cm³/mol. The first-order valence-electron chi connectivity index (χ1n) is 6.08. The lowest BCUT2D eigenvalue weighted by atomic mass is 10.1. The molecule has 0 fully saturated rings. The van der Waals surface area contributed by atoms with Crippen LogP contribution in [0, 0.1) is 13.8 Å². The van der Waals surface area contributed by atoms with Crippen LogP contribution in [0.3, 0.4) is 0 Å². The highest BCUT2D eigenvalue weighted by Crippen LogP contribution is 2.29. The topological polar surface area (TPSA) is 37.9 Å². The van der Waals surface area contributed by atoms with Crippen molar-refractivity contribution in [3.05, 3.63) is 41.2 Å². The molecule has 0 aliphatic heterocycles. The van der Waals surface area contributed by atoms with Crippen LogP contribution in [0.2, 0.25) is 0 Å². The Morgan fingerprint density at radius 2 is 2.05 bits per heavy atom. The van der Waals surface area contributed by atoms with Gasteiger partial charge in [0.15, 0.2) is 0 Å². The zero-order valence-electron chi connectivity index (χ0n) is 11.1. The van der Waals surface area contributed by atoms with Crippen LogP contribution in [0.4, 0.5) is 0 Å². The summed E-state index contributed by atoms with van der Waals surface area (Å²) in [6.45, 7) is 4.13. The zero-order valence-corrected chi connectivity index (χ0v) is 11.9. The molecule has 0 bridgehead atoms. The van der Waals surface area contributed by atoms with Crippen molar-refractivity contribution in [1.29, 1.82) is 0 Å². The summed E-state index contributed by atoms with van der Waals surface area (Å²) < 4.78 is 5.14. The van der Waals surface area contributed by atoms with Gasteiger partial charge in [-0.2, -0.15) is 0 Å². The van der Waals surface area contributed by atoms with Crippen LogP contribution in [0.25, 0.3) is 21.8 Å². The fourth-order valence-electron chi connectivity index (χ4n) is 2.47. The highest BCUT2D eigenvalue weighted by molar-refractivity contribution is 7.80. The molecule has 0 aliphatic carbocycles. The van der Waals surface area contributed by atoms with E-state index in [2.05, 4.69) is 35.1 Å². The number of ether oxygens (including phenoxy) is 1. The maximum absolute atomic E-state index is 5.20. The predicted octanol–water partition coefficient (Wildman–Crippen LogP) is 3.65. The van der Waals surface area contributed by atoms with Gasteiger partial charge in [0, 0.05) is 16.3 Å². The van der Waals surface area contributed by atoms with Crippen LogP contribution in [0.1, 0.15) is 16.8 Å². The van der Waals surface area contributed by atoms with E-state index >= 15 is 0 Å². The SMILES string of the molecule is COC(=S)c1ncc2[nH]c3ccc(C)cc3c2c1C. The third-order valence-electron chi connectivity index (χ3n) is 3.41. The molecule has 0 spiro atoms. The highest BCUT2D eigenvalue weighted by atomic mass is 32.1. The third-order valence-corrected chi connectivity index (χ3v) is 3.77. The largest absolute Gasteiger partial charge is 0.485 e. The number of aryl methyl sites for hydroxylation is 2. The third kappa shape index (κ3) is 1.79. The first kappa shape index (κ1) is 12.1. The fraction of sp³-hybridized carbons (Fsp3) is 0.200. The number of nitrogens with one attached hydrogen (secondary N) is 1. The Hall–Kier alpha value is -1.94. The van der Waals surface area contributed by atoms with Crippen LogP contribution in [0.5, 0.6) is 0 Å². The second-order valence-electron chi connectivity index (χ2n) is 4.69. The molecule has 0 atom stereocenters. The Labute approximate surface area is 116 Å². The van der Waals surface area contributed by atoms with E-state index in [1.165, 1.54) is 16.3 Å². The Kier molecular flexibility index (Phi) is 2.75. The molecule has 19 heavy (non-hydrogen) atoms. The summed E-state index contributed by atoms with van der Waals surface area (Å²) in [7, 11) is 1.58. The molecule has 1 aromatic carbocycles. The Balaban J connectivity index is 2.43. The van der Waals surface area contributed by atoms with Gasteiger partial charge in [0.25, 0.3) is 0 Å². The number of H-pyrrole nitrogens is 1. The van der Waals surface area contributed by atoms with Crippen molar-refractivity contribution < 1.29 is 4.74 Å². The molecular weight excluding hydrogens is 256 g/mol. The standard InChI is InChI=1S/C15H14N2OS/c1-8-4-5-11-10(6-8)13-9(2)14(15(19)18-3)16-7-12(13)17-11/h4-7,17H,1-3H3. The van der Waals surface area contributed by atoms with Gasteiger partial charge < -0.3 is 9.72 Å². The molecule has 0 aliphatic rings. The van der Waals surface area contributed by atoms with Crippen molar-refractivity contribution >= 4 is 39.1 Å². The number of rotatable bonds is 1. The van der Waals surface area contributed by atoms with E-state index in [4.69, 9.17) is 17.0 Å². The fourth-order valence-corrected chi connectivity index (χ4v) is 2.68. The monoisotopic (exact) mass is 270 g/mol. The average molecular weight is 270 g/mol. The van der Waals surface area contributed by atoms with E-state index in [0.29, 0.717) is 5.05 Å². The molecule has 96 valence electrons. The summed E-state index contributed by atoms with van der Waals surface area (Å²) in [4.78, 5) is 7.78. The van der Waals surface area contributed by atoms with Crippen molar-refractivity contribution in [3.8, 4) is 0 Å². The number of nitrogens with zero attached hydrogens (tertiary/aromatic N) is 1. The smallest absolute Gasteiger partial charge is 0.210 e. The van der Waals surface area contributed by atoms with Crippen molar-refractivity contribution in [2.24, 2.45) is 0 Å². The minimum Gasteiger partial charge on any atom is -0.485 e. The van der Waals surface area contributed by atoms with Crippen molar-refractivity contribution in [2.75, 3.05) is 7.11 Å². The van der Waals surface area contributed by atoms with Gasteiger partial charge in [-0.25, -0.2) is 4.98 Å². The van der Waals surface area contributed by atoms with Crippen LogP contribution in [-0.2, 0) is 4.74 Å². The lowest BCUT2D eigenvalue weighted by Crippen LogP contribution is -2.05. The van der Waals surface area contributed by atoms with Crippen LogP contribution in [-0.4, -0.2) is 22.1 Å². The average Bonchev–Trinajstić information content (AvgIpc) is 2.76. The molecule has 3 rings (SSSR count). The molecule has 1 N–H and O–H groups in total. The Morgan fingerprint density at radius 1 is 1.26 bits per heavy atom. The van der Waals surface area contributed by atoms with Gasteiger partial charge >= 0.3 is 0 Å². The second kappa shape index (κ2) is 4.31. The number of aromatic amines is 1. The lowest BCUT2D eigenvalue weighted by molar-refractivity contribution is 0.414. The molecule has 2 heterocycles. The van der Waals surface area contributed by atoms with E-state index in [0.717, 1.165) is 22.3 Å². The molecule has 0 amide bonds. The van der Waals surface area contributed by atoms with Crippen LogP contribution >= 0.6 is 12.2 Å². The number of hydrogen-bond acceptors (Lipinski definition) is 3. The van der Waals surface area contributed by atoms with Crippen LogP contribution < -0.4 is 0 Å². The first-order chi connectivity index (χ1) is 9.11. The number of aromatic nitrogens is 2. The van der Waals surface area contributed by atoms with E-state index in [-0.39, 0.29) is 0 Å². The number of benzene rings is 1. The van der Waals surface area contributed by atoms with E-state index in [9.17, 15) is 0 Å². The first-order valence-corrected chi connectivity index (χ1v) is 6.48. The Morgan fingerprint density at radius 3 is 2.79 bits per heavy atom. The molecule has 4 heteroatoms.